The van der Waals surface area contributed by atoms with Gasteiger partial charge in [-0.15, -0.1) is 0 Å². The molecule has 2 aromatic heterocycles. The van der Waals surface area contributed by atoms with E-state index in [1.54, 1.807) is 6.92 Å². The number of halogens is 3. The highest BCUT2D eigenvalue weighted by Crippen LogP contribution is 2.32. The summed E-state index contributed by atoms with van der Waals surface area (Å²) in [4.78, 5) is 14.6. The van der Waals surface area contributed by atoms with Crippen LogP contribution in [0.3, 0.4) is 0 Å². The molecule has 0 unspecified atom stereocenters. The molecule has 2 aromatic rings. The first-order valence-corrected chi connectivity index (χ1v) is 5.07. The molecule has 6 nitrogen and oxygen atoms in total. The number of aryl methyl sites for hydroxylation is 1. The van der Waals surface area contributed by atoms with Gasteiger partial charge in [-0.2, -0.15) is 18.2 Å². The van der Waals surface area contributed by atoms with Crippen molar-refractivity contribution < 1.29 is 27.6 Å². The van der Waals surface area contributed by atoms with E-state index in [2.05, 4.69) is 10.1 Å². The monoisotopic (exact) mass is 275 g/mol. The fraction of sp³-hybridized carbons (Fsp3) is 0.300. The van der Waals surface area contributed by atoms with Crippen molar-refractivity contribution in [2.75, 3.05) is 0 Å². The maximum Gasteiger partial charge on any atom is 0.418 e. The summed E-state index contributed by atoms with van der Waals surface area (Å²) in [7, 11) is 0. The maximum absolute atomic E-state index is 12.6. The Morgan fingerprint density at radius 2 is 2.16 bits per heavy atom. The third-order valence-corrected chi connectivity index (χ3v) is 2.30. The van der Waals surface area contributed by atoms with E-state index in [0.29, 0.717) is 12.0 Å². The van der Waals surface area contributed by atoms with Crippen LogP contribution in [0.1, 0.15) is 27.6 Å². The minimum Gasteiger partial charge on any atom is -0.478 e. The van der Waals surface area contributed by atoms with E-state index >= 15 is 0 Å². The highest BCUT2D eigenvalue weighted by Gasteiger charge is 2.37. The number of carboxylic acids is 1. The number of hydrogen-bond donors (Lipinski definition) is 1. The molecule has 0 aliphatic rings. The van der Waals surface area contributed by atoms with Crippen LogP contribution in [0.2, 0.25) is 0 Å². The maximum atomic E-state index is 12.6. The molecule has 2 heterocycles. The van der Waals surface area contributed by atoms with E-state index in [0.717, 1.165) is 10.8 Å². The van der Waals surface area contributed by atoms with Crippen molar-refractivity contribution in [3.05, 3.63) is 35.2 Å². The van der Waals surface area contributed by atoms with Gasteiger partial charge < -0.3 is 14.2 Å². The Balaban J connectivity index is 2.35. The first kappa shape index (κ1) is 13.1. The summed E-state index contributed by atoms with van der Waals surface area (Å²) in [6.07, 6.45) is -3.16. The van der Waals surface area contributed by atoms with Gasteiger partial charge in [0.25, 0.3) is 0 Å². The fourth-order valence-electron chi connectivity index (χ4n) is 1.56. The second-order valence-electron chi connectivity index (χ2n) is 3.80. The van der Waals surface area contributed by atoms with Crippen molar-refractivity contribution >= 4 is 5.97 Å². The molecular weight excluding hydrogens is 267 g/mol. The lowest BCUT2D eigenvalue weighted by Gasteiger charge is -2.04. The van der Waals surface area contributed by atoms with Gasteiger partial charge in [-0.25, -0.2) is 4.79 Å². The van der Waals surface area contributed by atoms with Gasteiger partial charge in [0, 0.05) is 12.4 Å². The summed E-state index contributed by atoms with van der Waals surface area (Å²) in [5, 5.41) is 12.2. The Morgan fingerprint density at radius 3 is 2.58 bits per heavy atom. The molecular formula is C10H8F3N3O3. The average Bonchev–Trinajstić information content (AvgIpc) is 2.85. The van der Waals surface area contributed by atoms with Gasteiger partial charge in [-0.1, -0.05) is 5.16 Å². The number of nitrogens with zero attached hydrogens (tertiary/aromatic N) is 3. The van der Waals surface area contributed by atoms with Crippen LogP contribution in [-0.2, 0) is 12.7 Å². The summed E-state index contributed by atoms with van der Waals surface area (Å²) in [5.74, 6) is -1.21. The normalized spacial score (nSPS) is 11.8. The van der Waals surface area contributed by atoms with Gasteiger partial charge in [0.2, 0.25) is 5.89 Å². The van der Waals surface area contributed by atoms with Crippen molar-refractivity contribution in [3.8, 4) is 0 Å². The van der Waals surface area contributed by atoms with Crippen LogP contribution in [0.5, 0.6) is 0 Å². The lowest BCUT2D eigenvalue weighted by Crippen LogP contribution is -2.09. The second kappa shape index (κ2) is 4.41. The predicted molar refractivity (Wildman–Crippen MR) is 54.5 cm³/mol. The molecule has 0 aliphatic heterocycles. The van der Waals surface area contributed by atoms with E-state index < -0.39 is 23.3 Å². The highest BCUT2D eigenvalue weighted by atomic mass is 19.4. The van der Waals surface area contributed by atoms with Crippen LogP contribution < -0.4 is 0 Å². The second-order valence-corrected chi connectivity index (χ2v) is 3.80. The van der Waals surface area contributed by atoms with Gasteiger partial charge in [0.15, 0.2) is 5.82 Å². The molecule has 0 amide bonds. The van der Waals surface area contributed by atoms with Crippen molar-refractivity contribution in [1.82, 2.24) is 14.7 Å². The van der Waals surface area contributed by atoms with Gasteiger partial charge in [-0.3, -0.25) is 0 Å². The van der Waals surface area contributed by atoms with E-state index in [1.807, 2.05) is 0 Å². The predicted octanol–water partition coefficient (Wildman–Crippen LogP) is 1.94. The van der Waals surface area contributed by atoms with Gasteiger partial charge in [-0.05, 0) is 6.92 Å². The van der Waals surface area contributed by atoms with Crippen molar-refractivity contribution in [1.29, 1.82) is 0 Å². The first-order valence-electron chi connectivity index (χ1n) is 5.07. The largest absolute Gasteiger partial charge is 0.478 e. The molecule has 19 heavy (non-hydrogen) atoms. The number of rotatable bonds is 3. The smallest absolute Gasteiger partial charge is 0.418 e. The minimum atomic E-state index is -4.73. The molecule has 1 N–H and O–H groups in total. The van der Waals surface area contributed by atoms with Crippen LogP contribution in [-0.4, -0.2) is 25.8 Å². The number of aromatic carboxylic acids is 1. The summed E-state index contributed by atoms with van der Waals surface area (Å²) in [6.45, 7) is 1.43. The Bertz CT molecular complexity index is 615. The third-order valence-electron chi connectivity index (χ3n) is 2.30. The van der Waals surface area contributed by atoms with Crippen LogP contribution in [0, 0.1) is 6.92 Å². The average molecular weight is 275 g/mol. The van der Waals surface area contributed by atoms with Crippen LogP contribution in [0.25, 0.3) is 0 Å². The molecule has 0 bridgehead atoms. The topological polar surface area (TPSA) is 81.2 Å². The summed E-state index contributed by atoms with van der Waals surface area (Å²) >= 11 is 0. The van der Waals surface area contributed by atoms with E-state index in [-0.39, 0.29) is 12.4 Å². The fourth-order valence-corrected chi connectivity index (χ4v) is 1.56. The van der Waals surface area contributed by atoms with Crippen LogP contribution >= 0.6 is 0 Å². The Kier molecular flexibility index (Phi) is 3.05. The quantitative estimate of drug-likeness (QED) is 0.925. The molecule has 9 heteroatoms. The molecule has 0 saturated carbocycles. The minimum absolute atomic E-state index is 0.0955. The molecule has 0 radical (unpaired) electrons. The molecule has 0 atom stereocenters. The standard InChI is InChI=1S/C10H8F3N3O3/c1-5-14-8(19-15-5)4-16-2-6(9(17)18)7(3-16)10(11,12)13/h2-3H,4H2,1H3,(H,17,18). The molecule has 0 aliphatic carbocycles. The highest BCUT2D eigenvalue weighted by molar-refractivity contribution is 5.89. The van der Waals surface area contributed by atoms with E-state index in [9.17, 15) is 18.0 Å². The lowest BCUT2D eigenvalue weighted by molar-refractivity contribution is -0.138. The molecule has 0 spiro atoms. The molecule has 2 rings (SSSR count). The van der Waals surface area contributed by atoms with E-state index in [4.69, 9.17) is 9.63 Å². The lowest BCUT2D eigenvalue weighted by atomic mass is 10.2. The molecule has 102 valence electrons. The van der Waals surface area contributed by atoms with Crippen molar-refractivity contribution in [2.24, 2.45) is 0 Å². The Hall–Kier alpha value is -2.32. The Labute approximate surface area is 104 Å². The van der Waals surface area contributed by atoms with Crippen molar-refractivity contribution in [3.63, 3.8) is 0 Å². The number of carbonyl (C=O) groups is 1. The SMILES string of the molecule is Cc1noc(Cn2cc(C(=O)O)c(C(F)(F)F)c2)n1. The summed E-state index contributed by atoms with van der Waals surface area (Å²) in [5.41, 5.74) is -2.03. The summed E-state index contributed by atoms with van der Waals surface area (Å²) < 4.78 is 43.7. The number of carboxylic acid groups (broad SMARTS) is 1. The molecule has 0 saturated heterocycles. The molecule has 0 fully saturated rings. The van der Waals surface area contributed by atoms with Gasteiger partial charge >= 0.3 is 12.1 Å². The zero-order valence-corrected chi connectivity index (χ0v) is 9.60. The number of alkyl halides is 3. The number of hydrogen-bond acceptors (Lipinski definition) is 4. The summed E-state index contributed by atoms with van der Waals surface area (Å²) in [6, 6.07) is 0. The first-order chi connectivity index (χ1) is 8.77. The van der Waals surface area contributed by atoms with Gasteiger partial charge in [0.05, 0.1) is 11.1 Å². The van der Waals surface area contributed by atoms with Crippen molar-refractivity contribution in [2.45, 2.75) is 19.6 Å². The molecule has 0 aromatic carbocycles. The van der Waals surface area contributed by atoms with Crippen LogP contribution in [0.15, 0.2) is 16.9 Å². The third kappa shape index (κ3) is 2.75. The van der Waals surface area contributed by atoms with Crippen LogP contribution in [0.4, 0.5) is 13.2 Å². The zero-order valence-electron chi connectivity index (χ0n) is 9.60. The zero-order chi connectivity index (χ0) is 14.2. The van der Waals surface area contributed by atoms with Gasteiger partial charge in [0.1, 0.15) is 6.54 Å². The van der Waals surface area contributed by atoms with E-state index in [1.165, 1.54) is 0 Å². The number of aromatic nitrogens is 3. The Morgan fingerprint density at radius 1 is 1.47 bits per heavy atom.